The summed E-state index contributed by atoms with van der Waals surface area (Å²) in [5, 5.41) is -0.239. The largest absolute Gasteiger partial charge is 0.493 e. The van der Waals surface area contributed by atoms with Gasteiger partial charge in [0, 0.05) is 5.56 Å². The summed E-state index contributed by atoms with van der Waals surface area (Å²) in [5.74, 6) is -2.26. The number of methoxy groups -OCH3 is 1. The van der Waals surface area contributed by atoms with Crippen molar-refractivity contribution in [2.75, 3.05) is 13.7 Å². The maximum absolute atomic E-state index is 13.5. The van der Waals surface area contributed by atoms with Gasteiger partial charge in [-0.25, -0.2) is 4.39 Å². The Morgan fingerprint density at radius 3 is 2.56 bits per heavy atom. The highest BCUT2D eigenvalue weighted by molar-refractivity contribution is 6.30. The fraction of sp³-hybridized carbons (Fsp3) is 0.455. The van der Waals surface area contributed by atoms with Crippen molar-refractivity contribution in [1.82, 2.24) is 0 Å². The van der Waals surface area contributed by atoms with E-state index in [1.165, 1.54) is 13.2 Å². The Morgan fingerprint density at radius 1 is 1.44 bits per heavy atom. The number of hydrogen-bond acceptors (Lipinski definition) is 2. The first kappa shape index (κ1) is 13.2. The predicted molar refractivity (Wildman–Crippen MR) is 60.0 cm³/mol. The molecule has 0 amide bonds. The standard InChI is InChI=1S/C11H14ClF2NO/c1-6(3-4-15)7-5-8(12)9(13)10(14)11(7)16-2/h5-6H,3-4,15H2,1-2H3. The zero-order valence-electron chi connectivity index (χ0n) is 9.19. The van der Waals surface area contributed by atoms with Crippen LogP contribution in [0.3, 0.4) is 0 Å². The predicted octanol–water partition coefficient (Wildman–Crippen LogP) is 3.08. The van der Waals surface area contributed by atoms with Crippen molar-refractivity contribution in [2.24, 2.45) is 5.73 Å². The first-order chi connectivity index (χ1) is 7.52. The van der Waals surface area contributed by atoms with Gasteiger partial charge < -0.3 is 10.5 Å². The molecule has 0 aliphatic rings. The van der Waals surface area contributed by atoms with E-state index in [0.717, 1.165) is 0 Å². The van der Waals surface area contributed by atoms with E-state index >= 15 is 0 Å². The minimum Gasteiger partial charge on any atom is -0.493 e. The number of rotatable bonds is 4. The van der Waals surface area contributed by atoms with Crippen molar-refractivity contribution < 1.29 is 13.5 Å². The molecule has 0 bridgehead atoms. The lowest BCUT2D eigenvalue weighted by atomic mass is 9.96. The highest BCUT2D eigenvalue weighted by Crippen LogP contribution is 2.35. The van der Waals surface area contributed by atoms with Gasteiger partial charge in [0.2, 0.25) is 5.82 Å². The molecule has 2 nitrogen and oxygen atoms in total. The number of halogens is 3. The topological polar surface area (TPSA) is 35.2 Å². The summed E-state index contributed by atoms with van der Waals surface area (Å²) in [6.45, 7) is 2.32. The Labute approximate surface area is 98.3 Å². The molecule has 16 heavy (non-hydrogen) atoms. The molecule has 1 rings (SSSR count). The summed E-state index contributed by atoms with van der Waals surface area (Å²) in [5.41, 5.74) is 5.96. The second-order valence-electron chi connectivity index (χ2n) is 3.59. The molecular formula is C11H14ClF2NO. The third kappa shape index (κ3) is 2.44. The summed E-state index contributed by atoms with van der Waals surface area (Å²) >= 11 is 5.59. The molecular weight excluding hydrogens is 236 g/mol. The average Bonchev–Trinajstić information content (AvgIpc) is 2.26. The van der Waals surface area contributed by atoms with E-state index in [1.807, 2.05) is 6.92 Å². The van der Waals surface area contributed by atoms with Gasteiger partial charge in [0.1, 0.15) is 0 Å². The SMILES string of the molecule is COc1c(C(C)CCN)cc(Cl)c(F)c1F. The van der Waals surface area contributed by atoms with Crippen LogP contribution in [0.5, 0.6) is 5.75 Å². The van der Waals surface area contributed by atoms with E-state index in [-0.39, 0.29) is 16.7 Å². The second-order valence-corrected chi connectivity index (χ2v) is 3.99. The highest BCUT2D eigenvalue weighted by atomic mass is 35.5. The van der Waals surface area contributed by atoms with Crippen LogP contribution in [0.25, 0.3) is 0 Å². The molecule has 0 aliphatic carbocycles. The van der Waals surface area contributed by atoms with Crippen molar-refractivity contribution in [1.29, 1.82) is 0 Å². The lowest BCUT2D eigenvalue weighted by Gasteiger charge is -2.16. The van der Waals surface area contributed by atoms with Gasteiger partial charge in [-0.05, 0) is 24.9 Å². The molecule has 0 heterocycles. The summed E-state index contributed by atoms with van der Waals surface area (Å²) in [6.07, 6.45) is 0.651. The van der Waals surface area contributed by atoms with E-state index in [9.17, 15) is 8.78 Å². The third-order valence-electron chi connectivity index (χ3n) is 2.48. The Morgan fingerprint density at radius 2 is 2.06 bits per heavy atom. The van der Waals surface area contributed by atoms with Crippen LogP contribution in [0, 0.1) is 11.6 Å². The molecule has 1 unspecified atom stereocenters. The van der Waals surface area contributed by atoms with Crippen LogP contribution < -0.4 is 10.5 Å². The molecule has 1 atom stereocenters. The van der Waals surface area contributed by atoms with Gasteiger partial charge in [0.05, 0.1) is 12.1 Å². The number of benzene rings is 1. The van der Waals surface area contributed by atoms with Crippen molar-refractivity contribution >= 4 is 11.6 Å². The summed E-state index contributed by atoms with van der Waals surface area (Å²) in [4.78, 5) is 0. The van der Waals surface area contributed by atoms with E-state index < -0.39 is 11.6 Å². The maximum atomic E-state index is 13.5. The van der Waals surface area contributed by atoms with Crippen LogP contribution in [-0.2, 0) is 0 Å². The molecule has 0 radical (unpaired) electrons. The molecule has 1 aromatic carbocycles. The number of nitrogens with two attached hydrogens (primary N) is 1. The molecule has 90 valence electrons. The van der Waals surface area contributed by atoms with Crippen molar-refractivity contribution in [2.45, 2.75) is 19.3 Å². The van der Waals surface area contributed by atoms with Crippen molar-refractivity contribution in [3.8, 4) is 5.75 Å². The van der Waals surface area contributed by atoms with Gasteiger partial charge in [-0.2, -0.15) is 4.39 Å². The van der Waals surface area contributed by atoms with E-state index in [0.29, 0.717) is 18.5 Å². The van der Waals surface area contributed by atoms with E-state index in [2.05, 4.69) is 0 Å². The second kappa shape index (κ2) is 5.46. The lowest BCUT2D eigenvalue weighted by molar-refractivity contribution is 0.363. The van der Waals surface area contributed by atoms with Gasteiger partial charge in [-0.15, -0.1) is 0 Å². The fourth-order valence-corrected chi connectivity index (χ4v) is 1.78. The zero-order chi connectivity index (χ0) is 12.3. The minimum absolute atomic E-state index is 0.0347. The van der Waals surface area contributed by atoms with Crippen LogP contribution in [0.2, 0.25) is 5.02 Å². The van der Waals surface area contributed by atoms with Crippen LogP contribution in [0.15, 0.2) is 6.07 Å². The molecule has 1 aromatic rings. The van der Waals surface area contributed by atoms with Gasteiger partial charge in [-0.1, -0.05) is 18.5 Å². The smallest absolute Gasteiger partial charge is 0.202 e. The van der Waals surface area contributed by atoms with E-state index in [4.69, 9.17) is 22.1 Å². The average molecular weight is 250 g/mol. The van der Waals surface area contributed by atoms with Crippen molar-refractivity contribution in [3.63, 3.8) is 0 Å². The van der Waals surface area contributed by atoms with Gasteiger partial charge >= 0.3 is 0 Å². The molecule has 2 N–H and O–H groups in total. The van der Waals surface area contributed by atoms with Crippen molar-refractivity contribution in [3.05, 3.63) is 28.3 Å². The van der Waals surface area contributed by atoms with Crippen LogP contribution in [0.4, 0.5) is 8.78 Å². The number of hydrogen-bond donors (Lipinski definition) is 1. The Hall–Kier alpha value is -0.870. The van der Waals surface area contributed by atoms with Gasteiger partial charge in [0.15, 0.2) is 11.6 Å². The van der Waals surface area contributed by atoms with Crippen LogP contribution in [-0.4, -0.2) is 13.7 Å². The summed E-state index contributed by atoms with van der Waals surface area (Å²) in [7, 11) is 1.30. The van der Waals surface area contributed by atoms with Crippen LogP contribution in [0.1, 0.15) is 24.8 Å². The quantitative estimate of drug-likeness (QED) is 0.833. The Bertz CT molecular complexity index is 385. The number of ether oxygens (including phenoxy) is 1. The molecule has 0 fully saturated rings. The van der Waals surface area contributed by atoms with E-state index in [1.54, 1.807) is 0 Å². The van der Waals surface area contributed by atoms with Crippen LogP contribution >= 0.6 is 11.6 Å². The van der Waals surface area contributed by atoms with Gasteiger partial charge in [-0.3, -0.25) is 0 Å². The Kier molecular flexibility index (Phi) is 4.50. The summed E-state index contributed by atoms with van der Waals surface area (Å²) in [6, 6.07) is 1.39. The lowest BCUT2D eigenvalue weighted by Crippen LogP contribution is -2.07. The monoisotopic (exact) mass is 249 g/mol. The molecule has 0 saturated carbocycles. The molecule has 0 aromatic heterocycles. The molecule has 5 heteroatoms. The first-order valence-corrected chi connectivity index (χ1v) is 5.32. The molecule has 0 aliphatic heterocycles. The maximum Gasteiger partial charge on any atom is 0.202 e. The Balaban J connectivity index is 3.27. The third-order valence-corrected chi connectivity index (χ3v) is 2.76. The normalized spacial score (nSPS) is 12.6. The highest BCUT2D eigenvalue weighted by Gasteiger charge is 2.21. The molecule has 0 spiro atoms. The summed E-state index contributed by atoms with van der Waals surface area (Å²) < 4.78 is 31.6. The molecule has 0 saturated heterocycles. The first-order valence-electron chi connectivity index (χ1n) is 4.94. The fourth-order valence-electron chi connectivity index (χ4n) is 1.58. The zero-order valence-corrected chi connectivity index (χ0v) is 9.94. The van der Waals surface area contributed by atoms with Gasteiger partial charge in [0.25, 0.3) is 0 Å². The minimum atomic E-state index is -1.08.